The van der Waals surface area contributed by atoms with Crippen molar-refractivity contribution in [2.24, 2.45) is 0 Å². The summed E-state index contributed by atoms with van der Waals surface area (Å²) in [4.78, 5) is 22.1. The van der Waals surface area contributed by atoms with Gasteiger partial charge in [0.1, 0.15) is 0 Å². The molecule has 0 spiro atoms. The molecule has 30 heavy (non-hydrogen) atoms. The van der Waals surface area contributed by atoms with Crippen LogP contribution in [0.15, 0.2) is 79.0 Å². The van der Waals surface area contributed by atoms with Crippen molar-refractivity contribution in [2.75, 3.05) is 31.5 Å². The smallest absolute Gasteiger partial charge is 0.241 e. The summed E-state index contributed by atoms with van der Waals surface area (Å²) in [6.45, 7) is 6.49. The second-order valence-corrected chi connectivity index (χ2v) is 7.71. The van der Waals surface area contributed by atoms with Crippen LogP contribution in [0.3, 0.4) is 0 Å². The molecule has 2 heterocycles. The first-order valence-electron chi connectivity index (χ1n) is 10.5. The Hall–Kier alpha value is -3.02. The number of hydrogen-bond donors (Lipinski definition) is 1. The predicted octanol–water partition coefficient (Wildman–Crippen LogP) is 3.89. The Morgan fingerprint density at radius 2 is 1.63 bits per heavy atom. The predicted molar refractivity (Wildman–Crippen MR) is 121 cm³/mol. The van der Waals surface area contributed by atoms with Crippen LogP contribution in [0.1, 0.15) is 12.6 Å². The molecule has 0 saturated carbocycles. The summed E-state index contributed by atoms with van der Waals surface area (Å²) < 4.78 is 0. The highest BCUT2D eigenvalue weighted by molar-refractivity contribution is 5.98. The number of anilines is 1. The molecule has 4 rings (SSSR count). The summed E-state index contributed by atoms with van der Waals surface area (Å²) in [6.07, 6.45) is 1.84. The molecule has 0 aliphatic carbocycles. The average Bonchev–Trinajstić information content (AvgIpc) is 2.81. The second-order valence-electron chi connectivity index (χ2n) is 7.71. The fourth-order valence-corrected chi connectivity index (χ4v) is 3.89. The molecule has 154 valence electrons. The van der Waals surface area contributed by atoms with E-state index in [2.05, 4.69) is 38.3 Å². The number of carbonyl (C=O) groups is 1. The van der Waals surface area contributed by atoms with Crippen molar-refractivity contribution in [1.82, 2.24) is 14.8 Å². The maximum atomic E-state index is 13.0. The van der Waals surface area contributed by atoms with Crippen LogP contribution < -0.4 is 5.32 Å². The van der Waals surface area contributed by atoms with Gasteiger partial charge in [0.25, 0.3) is 0 Å². The van der Waals surface area contributed by atoms with Crippen LogP contribution in [0.2, 0.25) is 0 Å². The largest absolute Gasteiger partial charge is 0.324 e. The van der Waals surface area contributed by atoms with E-state index in [1.807, 2.05) is 67.7 Å². The van der Waals surface area contributed by atoms with Crippen molar-refractivity contribution in [3.8, 4) is 11.1 Å². The van der Waals surface area contributed by atoms with E-state index in [1.54, 1.807) is 0 Å². The molecule has 1 saturated heterocycles. The van der Waals surface area contributed by atoms with Crippen LogP contribution in [-0.2, 0) is 11.3 Å². The summed E-state index contributed by atoms with van der Waals surface area (Å²) in [6, 6.07) is 24.0. The van der Waals surface area contributed by atoms with Crippen LogP contribution in [-0.4, -0.2) is 52.9 Å². The number of nitrogens with zero attached hydrogens (tertiary/aromatic N) is 3. The third kappa shape index (κ3) is 4.93. The first kappa shape index (κ1) is 20.3. The molecule has 5 heteroatoms. The minimum Gasteiger partial charge on any atom is -0.324 e. The van der Waals surface area contributed by atoms with Crippen LogP contribution in [0.25, 0.3) is 11.1 Å². The topological polar surface area (TPSA) is 48.5 Å². The molecular formula is C25H28N4O. The van der Waals surface area contributed by atoms with Gasteiger partial charge < -0.3 is 5.32 Å². The molecule has 1 N–H and O–H groups in total. The van der Waals surface area contributed by atoms with Gasteiger partial charge in [0.15, 0.2) is 0 Å². The number of carbonyl (C=O) groups excluding carboxylic acids is 1. The molecule has 0 radical (unpaired) electrons. The van der Waals surface area contributed by atoms with Crippen molar-refractivity contribution < 1.29 is 4.79 Å². The van der Waals surface area contributed by atoms with E-state index >= 15 is 0 Å². The zero-order valence-electron chi connectivity index (χ0n) is 17.4. The van der Waals surface area contributed by atoms with Crippen LogP contribution in [0.4, 0.5) is 5.69 Å². The van der Waals surface area contributed by atoms with Gasteiger partial charge in [-0.25, -0.2) is 0 Å². The fourth-order valence-electron chi connectivity index (χ4n) is 3.89. The molecule has 1 aliphatic rings. The molecule has 1 fully saturated rings. The number of nitrogens with one attached hydrogen (secondary N) is 1. The quantitative estimate of drug-likeness (QED) is 0.682. The normalized spacial score (nSPS) is 16.2. The first-order valence-corrected chi connectivity index (χ1v) is 10.5. The SMILES string of the molecule is CC(C(=O)Nc1ccccc1-c1ccccc1)N1CCN(Cc2ccccn2)CC1. The van der Waals surface area contributed by atoms with E-state index in [0.29, 0.717) is 0 Å². The second kappa shape index (κ2) is 9.65. The van der Waals surface area contributed by atoms with E-state index in [1.165, 1.54) is 0 Å². The number of hydrogen-bond acceptors (Lipinski definition) is 4. The van der Waals surface area contributed by atoms with E-state index in [-0.39, 0.29) is 11.9 Å². The van der Waals surface area contributed by atoms with Gasteiger partial charge in [0, 0.05) is 50.2 Å². The maximum Gasteiger partial charge on any atom is 0.241 e. The molecule has 1 unspecified atom stereocenters. The highest BCUT2D eigenvalue weighted by Crippen LogP contribution is 2.27. The molecular weight excluding hydrogens is 372 g/mol. The lowest BCUT2D eigenvalue weighted by atomic mass is 10.0. The Morgan fingerprint density at radius 1 is 0.933 bits per heavy atom. The summed E-state index contributed by atoms with van der Waals surface area (Å²) in [5.41, 5.74) is 4.09. The lowest BCUT2D eigenvalue weighted by Gasteiger charge is -2.37. The number of piperazine rings is 1. The minimum absolute atomic E-state index is 0.0385. The van der Waals surface area contributed by atoms with Crippen molar-refractivity contribution in [2.45, 2.75) is 19.5 Å². The number of para-hydroxylation sites is 1. The summed E-state index contributed by atoms with van der Waals surface area (Å²) in [5, 5.41) is 3.15. The lowest BCUT2D eigenvalue weighted by molar-refractivity contribution is -0.121. The van der Waals surface area contributed by atoms with Gasteiger partial charge >= 0.3 is 0 Å². The van der Waals surface area contributed by atoms with Gasteiger partial charge in [0.05, 0.1) is 11.7 Å². The monoisotopic (exact) mass is 400 g/mol. The molecule has 0 bridgehead atoms. The van der Waals surface area contributed by atoms with Gasteiger partial charge in [-0.15, -0.1) is 0 Å². The van der Waals surface area contributed by atoms with Gasteiger partial charge in [-0.1, -0.05) is 54.6 Å². The number of aromatic nitrogens is 1. The van der Waals surface area contributed by atoms with Gasteiger partial charge in [-0.05, 0) is 30.7 Å². The van der Waals surface area contributed by atoms with Crippen LogP contribution >= 0.6 is 0 Å². The Morgan fingerprint density at radius 3 is 2.37 bits per heavy atom. The Balaban J connectivity index is 1.35. The number of amides is 1. The number of rotatable bonds is 6. The number of pyridine rings is 1. The fraction of sp³-hybridized carbons (Fsp3) is 0.280. The minimum atomic E-state index is -0.175. The third-order valence-electron chi connectivity index (χ3n) is 5.72. The van der Waals surface area contributed by atoms with Crippen molar-refractivity contribution in [3.63, 3.8) is 0 Å². The summed E-state index contributed by atoms with van der Waals surface area (Å²) >= 11 is 0. The van der Waals surface area contributed by atoms with E-state index in [9.17, 15) is 4.79 Å². The highest BCUT2D eigenvalue weighted by atomic mass is 16.2. The number of benzene rings is 2. The lowest BCUT2D eigenvalue weighted by Crippen LogP contribution is -2.52. The molecule has 2 aromatic carbocycles. The van der Waals surface area contributed by atoms with Crippen molar-refractivity contribution in [1.29, 1.82) is 0 Å². The third-order valence-corrected chi connectivity index (χ3v) is 5.72. The molecule has 1 aromatic heterocycles. The summed E-state index contributed by atoms with van der Waals surface area (Å²) in [5.74, 6) is 0.0385. The Kier molecular flexibility index (Phi) is 6.52. The zero-order chi connectivity index (χ0) is 20.8. The summed E-state index contributed by atoms with van der Waals surface area (Å²) in [7, 11) is 0. The van der Waals surface area contributed by atoms with Crippen LogP contribution in [0, 0.1) is 0 Å². The molecule has 5 nitrogen and oxygen atoms in total. The van der Waals surface area contributed by atoms with Gasteiger partial charge in [-0.3, -0.25) is 19.6 Å². The standard InChI is InChI=1S/C25H28N4O/c1-20(29-17-15-28(16-18-29)19-22-11-7-8-14-26-22)25(30)27-24-13-6-5-12-23(24)21-9-3-2-4-10-21/h2-14,20H,15-19H2,1H3,(H,27,30). The Labute approximate surface area is 178 Å². The van der Waals surface area contributed by atoms with Gasteiger partial charge in [0.2, 0.25) is 5.91 Å². The first-order chi connectivity index (χ1) is 14.7. The van der Waals surface area contributed by atoms with Gasteiger partial charge in [-0.2, -0.15) is 0 Å². The van der Waals surface area contributed by atoms with E-state index in [0.717, 1.165) is 55.2 Å². The van der Waals surface area contributed by atoms with Crippen molar-refractivity contribution in [3.05, 3.63) is 84.7 Å². The van der Waals surface area contributed by atoms with E-state index in [4.69, 9.17) is 0 Å². The molecule has 1 atom stereocenters. The highest BCUT2D eigenvalue weighted by Gasteiger charge is 2.26. The van der Waals surface area contributed by atoms with Crippen LogP contribution in [0.5, 0.6) is 0 Å². The molecule has 1 amide bonds. The van der Waals surface area contributed by atoms with E-state index < -0.39 is 0 Å². The zero-order valence-corrected chi connectivity index (χ0v) is 17.4. The average molecular weight is 401 g/mol. The Bertz CT molecular complexity index is 953. The van der Waals surface area contributed by atoms with Crippen molar-refractivity contribution >= 4 is 11.6 Å². The molecule has 1 aliphatic heterocycles. The maximum absolute atomic E-state index is 13.0. The molecule has 3 aromatic rings.